The zero-order valence-electron chi connectivity index (χ0n) is 11.1. The van der Waals surface area contributed by atoms with Gasteiger partial charge in [0.25, 0.3) is 0 Å². The molecule has 0 fully saturated rings. The molecule has 0 saturated carbocycles. The third-order valence-corrected chi connectivity index (χ3v) is 3.13. The average Bonchev–Trinajstić information content (AvgIpc) is 2.81. The minimum Gasteiger partial charge on any atom is -0.330 e. The maximum Gasteiger partial charge on any atom is 0.417 e. The molecular weight excluding hydrogens is 267 g/mol. The van der Waals surface area contributed by atoms with Gasteiger partial charge in [-0.2, -0.15) is 13.2 Å². The lowest BCUT2D eigenvalue weighted by molar-refractivity contribution is -0.137. The molecule has 2 rings (SSSR count). The predicted octanol–water partition coefficient (Wildman–Crippen LogP) is 3.09. The van der Waals surface area contributed by atoms with Crippen LogP contribution in [0, 0.1) is 0 Å². The lowest BCUT2D eigenvalue weighted by atomic mass is 10.1. The number of alkyl halides is 3. The van der Waals surface area contributed by atoms with E-state index in [4.69, 9.17) is 5.73 Å². The molecule has 0 saturated heterocycles. The number of halogens is 3. The van der Waals surface area contributed by atoms with Crippen molar-refractivity contribution in [2.24, 2.45) is 5.73 Å². The van der Waals surface area contributed by atoms with Crippen molar-refractivity contribution < 1.29 is 13.2 Å². The van der Waals surface area contributed by atoms with Crippen LogP contribution in [0.5, 0.6) is 0 Å². The van der Waals surface area contributed by atoms with Crippen LogP contribution in [-0.4, -0.2) is 16.1 Å². The minimum atomic E-state index is -4.39. The van der Waals surface area contributed by atoms with Gasteiger partial charge in [0.1, 0.15) is 5.82 Å². The summed E-state index contributed by atoms with van der Waals surface area (Å²) < 4.78 is 41.0. The molecule has 6 heteroatoms. The molecule has 0 unspecified atom stereocenters. The Morgan fingerprint density at radius 3 is 2.55 bits per heavy atom. The summed E-state index contributed by atoms with van der Waals surface area (Å²) in [4.78, 5) is 4.16. The highest BCUT2D eigenvalue weighted by Gasteiger charge is 2.34. The van der Waals surface area contributed by atoms with Gasteiger partial charge < -0.3 is 10.3 Å². The summed E-state index contributed by atoms with van der Waals surface area (Å²) in [6, 6.07) is 5.49. The van der Waals surface area contributed by atoms with Crippen molar-refractivity contribution in [3.05, 3.63) is 41.7 Å². The van der Waals surface area contributed by atoms with E-state index in [2.05, 4.69) is 4.98 Å². The van der Waals surface area contributed by atoms with Gasteiger partial charge in [-0.3, -0.25) is 0 Å². The normalized spacial score (nSPS) is 11.8. The molecule has 3 nitrogen and oxygen atoms in total. The van der Waals surface area contributed by atoms with Crippen molar-refractivity contribution in [1.82, 2.24) is 9.55 Å². The van der Waals surface area contributed by atoms with Crippen molar-refractivity contribution in [2.75, 3.05) is 6.54 Å². The molecule has 1 heterocycles. The Morgan fingerprint density at radius 1 is 1.25 bits per heavy atom. The van der Waals surface area contributed by atoms with Gasteiger partial charge in [0.05, 0.1) is 5.56 Å². The van der Waals surface area contributed by atoms with Crippen LogP contribution in [0.15, 0.2) is 30.5 Å². The molecular formula is C14H16F3N3. The van der Waals surface area contributed by atoms with Gasteiger partial charge in [-0.1, -0.05) is 18.2 Å². The first-order chi connectivity index (χ1) is 9.49. The van der Waals surface area contributed by atoms with Crippen molar-refractivity contribution in [1.29, 1.82) is 0 Å². The third-order valence-electron chi connectivity index (χ3n) is 3.13. The first-order valence-corrected chi connectivity index (χ1v) is 6.40. The highest BCUT2D eigenvalue weighted by molar-refractivity contribution is 5.62. The quantitative estimate of drug-likeness (QED) is 0.937. The fourth-order valence-corrected chi connectivity index (χ4v) is 2.25. The van der Waals surface area contributed by atoms with E-state index in [9.17, 15) is 13.2 Å². The fraction of sp³-hybridized carbons (Fsp3) is 0.357. The molecule has 2 aromatic rings. The van der Waals surface area contributed by atoms with E-state index >= 15 is 0 Å². The highest BCUT2D eigenvalue weighted by atomic mass is 19.4. The van der Waals surface area contributed by atoms with E-state index in [-0.39, 0.29) is 5.56 Å². The predicted molar refractivity (Wildman–Crippen MR) is 71.1 cm³/mol. The molecule has 108 valence electrons. The zero-order valence-corrected chi connectivity index (χ0v) is 11.1. The molecule has 20 heavy (non-hydrogen) atoms. The third kappa shape index (κ3) is 2.70. The molecule has 0 aliphatic rings. The van der Waals surface area contributed by atoms with Crippen LogP contribution in [-0.2, 0) is 19.1 Å². The Bertz CT molecular complexity index is 588. The van der Waals surface area contributed by atoms with Crippen LogP contribution < -0.4 is 5.73 Å². The molecule has 0 amide bonds. The number of rotatable bonds is 4. The first kappa shape index (κ1) is 14.6. The molecule has 0 atom stereocenters. The summed E-state index contributed by atoms with van der Waals surface area (Å²) in [7, 11) is 0. The van der Waals surface area contributed by atoms with Crippen molar-refractivity contribution >= 4 is 0 Å². The smallest absolute Gasteiger partial charge is 0.330 e. The Kier molecular flexibility index (Phi) is 4.13. The van der Waals surface area contributed by atoms with E-state index in [1.54, 1.807) is 16.8 Å². The van der Waals surface area contributed by atoms with Gasteiger partial charge in [-0.05, 0) is 19.5 Å². The molecule has 0 bridgehead atoms. The van der Waals surface area contributed by atoms with E-state index in [0.29, 0.717) is 25.3 Å². The van der Waals surface area contributed by atoms with Crippen molar-refractivity contribution in [2.45, 2.75) is 26.1 Å². The van der Waals surface area contributed by atoms with Crippen LogP contribution in [0.3, 0.4) is 0 Å². The Balaban J connectivity index is 2.58. The molecule has 0 radical (unpaired) electrons. The van der Waals surface area contributed by atoms with Crippen LogP contribution in [0.1, 0.15) is 18.2 Å². The Labute approximate surface area is 115 Å². The molecule has 1 aromatic carbocycles. The summed E-state index contributed by atoms with van der Waals surface area (Å²) in [6.07, 6.45) is -2.21. The van der Waals surface area contributed by atoms with Gasteiger partial charge in [-0.15, -0.1) is 0 Å². The van der Waals surface area contributed by atoms with Gasteiger partial charge >= 0.3 is 6.18 Å². The molecule has 1 aromatic heterocycles. The minimum absolute atomic E-state index is 0.102. The highest BCUT2D eigenvalue weighted by Crippen LogP contribution is 2.36. The first-order valence-electron chi connectivity index (χ1n) is 6.40. The maximum atomic E-state index is 13.1. The Hall–Kier alpha value is -1.82. The number of aromatic nitrogens is 2. The summed E-state index contributed by atoms with van der Waals surface area (Å²) in [5.41, 5.74) is 5.79. The van der Waals surface area contributed by atoms with Crippen molar-refractivity contribution in [3.8, 4) is 11.4 Å². The number of hydrogen-bond acceptors (Lipinski definition) is 2. The second-order valence-corrected chi connectivity index (χ2v) is 4.40. The van der Waals surface area contributed by atoms with Crippen LogP contribution in [0.2, 0.25) is 0 Å². The van der Waals surface area contributed by atoms with Gasteiger partial charge in [-0.25, -0.2) is 4.98 Å². The largest absolute Gasteiger partial charge is 0.417 e. The van der Waals surface area contributed by atoms with Crippen LogP contribution >= 0.6 is 0 Å². The van der Waals surface area contributed by atoms with E-state index in [0.717, 1.165) is 11.8 Å². The molecule has 0 aliphatic carbocycles. The number of hydrogen-bond donors (Lipinski definition) is 1. The maximum absolute atomic E-state index is 13.1. The zero-order chi connectivity index (χ0) is 14.8. The van der Waals surface area contributed by atoms with Crippen molar-refractivity contribution in [3.63, 3.8) is 0 Å². The van der Waals surface area contributed by atoms with E-state index in [1.165, 1.54) is 12.1 Å². The van der Waals surface area contributed by atoms with E-state index in [1.807, 2.05) is 6.92 Å². The molecule has 0 aliphatic heterocycles. The molecule has 2 N–H and O–H groups in total. The topological polar surface area (TPSA) is 43.8 Å². The second kappa shape index (κ2) is 5.66. The van der Waals surface area contributed by atoms with Crippen LogP contribution in [0.4, 0.5) is 13.2 Å². The lowest BCUT2D eigenvalue weighted by Gasteiger charge is -2.14. The summed E-state index contributed by atoms with van der Waals surface area (Å²) in [6.45, 7) is 2.87. The summed E-state index contributed by atoms with van der Waals surface area (Å²) in [5, 5.41) is 0. The number of imidazole rings is 1. The number of nitrogens with zero attached hydrogens (tertiary/aromatic N) is 2. The SMILES string of the molecule is CCn1c(CCN)cnc1-c1ccccc1C(F)(F)F. The second-order valence-electron chi connectivity index (χ2n) is 4.40. The lowest BCUT2D eigenvalue weighted by Crippen LogP contribution is -2.11. The van der Waals surface area contributed by atoms with Gasteiger partial charge in [0, 0.05) is 30.4 Å². The monoisotopic (exact) mass is 283 g/mol. The Morgan fingerprint density at radius 2 is 1.95 bits per heavy atom. The number of benzene rings is 1. The average molecular weight is 283 g/mol. The van der Waals surface area contributed by atoms with Gasteiger partial charge in [0.15, 0.2) is 0 Å². The summed E-state index contributed by atoms with van der Waals surface area (Å²) in [5.74, 6) is 0.337. The van der Waals surface area contributed by atoms with Gasteiger partial charge in [0.2, 0.25) is 0 Å². The standard InChI is InChI=1S/C14H16F3N3/c1-2-20-10(7-8-18)9-19-13(20)11-5-3-4-6-12(11)14(15,16)17/h3-6,9H,2,7-8,18H2,1H3. The number of nitrogens with two attached hydrogens (primary N) is 1. The summed E-state index contributed by atoms with van der Waals surface area (Å²) >= 11 is 0. The van der Waals surface area contributed by atoms with Crippen LogP contribution in [0.25, 0.3) is 11.4 Å². The fourth-order valence-electron chi connectivity index (χ4n) is 2.25. The van der Waals surface area contributed by atoms with E-state index < -0.39 is 11.7 Å². The molecule has 0 spiro atoms.